The summed E-state index contributed by atoms with van der Waals surface area (Å²) in [5, 5.41) is 3.23. The zero-order chi connectivity index (χ0) is 12.8. The van der Waals surface area contributed by atoms with Crippen molar-refractivity contribution in [3.63, 3.8) is 0 Å². The Morgan fingerprint density at radius 1 is 1.39 bits per heavy atom. The quantitative estimate of drug-likeness (QED) is 0.795. The molecule has 4 nitrogen and oxygen atoms in total. The van der Waals surface area contributed by atoms with E-state index in [0.29, 0.717) is 19.0 Å². The van der Waals surface area contributed by atoms with Crippen LogP contribution in [0.2, 0.25) is 0 Å². The molecule has 0 spiro atoms. The highest BCUT2D eigenvalue weighted by atomic mass is 16.5. The lowest BCUT2D eigenvalue weighted by atomic mass is 10.1. The number of nitrogens with zero attached hydrogens (tertiary/aromatic N) is 1. The van der Waals surface area contributed by atoms with Gasteiger partial charge in [-0.05, 0) is 19.1 Å². The van der Waals surface area contributed by atoms with E-state index < -0.39 is 0 Å². The van der Waals surface area contributed by atoms with E-state index in [1.807, 2.05) is 12.1 Å². The zero-order valence-electron chi connectivity index (χ0n) is 10.8. The summed E-state index contributed by atoms with van der Waals surface area (Å²) in [7, 11) is 1.69. The Balaban J connectivity index is 1.97. The van der Waals surface area contributed by atoms with Crippen LogP contribution in [0, 0.1) is 6.92 Å². The van der Waals surface area contributed by atoms with Gasteiger partial charge in [-0.2, -0.15) is 0 Å². The second kappa shape index (κ2) is 6.33. The fourth-order valence-electron chi connectivity index (χ4n) is 1.69. The van der Waals surface area contributed by atoms with Crippen LogP contribution in [0.25, 0.3) is 11.5 Å². The molecule has 1 aromatic carbocycles. The highest BCUT2D eigenvalue weighted by Crippen LogP contribution is 2.19. The smallest absolute Gasteiger partial charge is 0.226 e. The third kappa shape index (κ3) is 3.42. The van der Waals surface area contributed by atoms with Crippen LogP contribution in [0.15, 0.2) is 34.9 Å². The van der Waals surface area contributed by atoms with Gasteiger partial charge >= 0.3 is 0 Å². The minimum Gasteiger partial charge on any atom is -0.444 e. The average molecular weight is 246 g/mol. The van der Waals surface area contributed by atoms with Crippen molar-refractivity contribution in [2.45, 2.75) is 13.5 Å². The molecule has 0 bridgehead atoms. The van der Waals surface area contributed by atoms with Crippen LogP contribution in [0.4, 0.5) is 0 Å². The van der Waals surface area contributed by atoms with Crippen molar-refractivity contribution in [3.8, 4) is 11.5 Å². The largest absolute Gasteiger partial charge is 0.444 e. The maximum atomic E-state index is 5.48. The third-order valence-electron chi connectivity index (χ3n) is 2.61. The molecule has 0 fully saturated rings. The maximum absolute atomic E-state index is 5.48. The molecule has 0 aliphatic rings. The van der Waals surface area contributed by atoms with E-state index in [1.54, 1.807) is 13.4 Å². The average Bonchev–Trinajstić information content (AvgIpc) is 2.83. The van der Waals surface area contributed by atoms with Gasteiger partial charge in [-0.15, -0.1) is 0 Å². The first-order valence-electron chi connectivity index (χ1n) is 6.00. The molecule has 18 heavy (non-hydrogen) atoms. The van der Waals surface area contributed by atoms with E-state index in [1.165, 1.54) is 5.56 Å². The highest BCUT2D eigenvalue weighted by molar-refractivity contribution is 5.54. The summed E-state index contributed by atoms with van der Waals surface area (Å²) < 4.78 is 10.4. The molecule has 96 valence electrons. The van der Waals surface area contributed by atoms with E-state index >= 15 is 0 Å². The molecule has 1 heterocycles. The van der Waals surface area contributed by atoms with Crippen molar-refractivity contribution in [3.05, 3.63) is 41.8 Å². The molecule has 4 heteroatoms. The number of aryl methyl sites for hydroxylation is 1. The Bertz CT molecular complexity index is 494. The lowest BCUT2D eigenvalue weighted by Crippen LogP contribution is -2.18. The van der Waals surface area contributed by atoms with Gasteiger partial charge in [0.15, 0.2) is 0 Å². The van der Waals surface area contributed by atoms with Gasteiger partial charge < -0.3 is 14.5 Å². The SMILES string of the molecule is COCCNCc1coc(-c2cccc(C)c2)n1. The first-order valence-corrected chi connectivity index (χ1v) is 6.00. The first kappa shape index (κ1) is 12.8. The molecule has 1 aromatic heterocycles. The monoisotopic (exact) mass is 246 g/mol. The van der Waals surface area contributed by atoms with Gasteiger partial charge in [0.05, 0.1) is 12.3 Å². The standard InChI is InChI=1S/C14H18N2O2/c1-11-4-3-5-12(8-11)14-16-13(10-18-14)9-15-6-7-17-2/h3-5,8,10,15H,6-7,9H2,1-2H3. The van der Waals surface area contributed by atoms with Crippen molar-refractivity contribution < 1.29 is 9.15 Å². The second-order valence-corrected chi connectivity index (χ2v) is 4.18. The van der Waals surface area contributed by atoms with Gasteiger partial charge in [-0.3, -0.25) is 0 Å². The fourth-order valence-corrected chi connectivity index (χ4v) is 1.69. The number of oxazole rings is 1. The molecule has 0 radical (unpaired) electrons. The number of hydrogen-bond donors (Lipinski definition) is 1. The summed E-state index contributed by atoms with van der Waals surface area (Å²) in [6.45, 7) is 4.25. The van der Waals surface area contributed by atoms with E-state index in [0.717, 1.165) is 17.8 Å². The number of nitrogens with one attached hydrogen (secondary N) is 1. The summed E-state index contributed by atoms with van der Waals surface area (Å²) in [5.41, 5.74) is 3.12. The maximum Gasteiger partial charge on any atom is 0.226 e. The molecule has 0 saturated carbocycles. The molecule has 0 atom stereocenters. The molecule has 0 aliphatic carbocycles. The van der Waals surface area contributed by atoms with Crippen molar-refractivity contribution in [2.24, 2.45) is 0 Å². The summed E-state index contributed by atoms with van der Waals surface area (Å²) in [6, 6.07) is 8.12. The summed E-state index contributed by atoms with van der Waals surface area (Å²) in [4.78, 5) is 4.45. The third-order valence-corrected chi connectivity index (χ3v) is 2.61. The number of hydrogen-bond acceptors (Lipinski definition) is 4. The van der Waals surface area contributed by atoms with Crippen LogP contribution in [0.5, 0.6) is 0 Å². The van der Waals surface area contributed by atoms with Crippen LogP contribution in [0.1, 0.15) is 11.3 Å². The predicted octanol–water partition coefficient (Wildman–Crippen LogP) is 2.39. The fraction of sp³-hybridized carbons (Fsp3) is 0.357. The van der Waals surface area contributed by atoms with Gasteiger partial charge in [0.25, 0.3) is 0 Å². The van der Waals surface area contributed by atoms with E-state index in [4.69, 9.17) is 9.15 Å². The summed E-state index contributed by atoms with van der Waals surface area (Å²) >= 11 is 0. The van der Waals surface area contributed by atoms with Crippen molar-refractivity contribution in [1.29, 1.82) is 0 Å². The second-order valence-electron chi connectivity index (χ2n) is 4.18. The van der Waals surface area contributed by atoms with Gasteiger partial charge in [0.1, 0.15) is 6.26 Å². The number of ether oxygens (including phenoxy) is 1. The highest BCUT2D eigenvalue weighted by Gasteiger charge is 2.06. The molecule has 2 rings (SSSR count). The predicted molar refractivity (Wildman–Crippen MR) is 70.3 cm³/mol. The minimum atomic E-state index is 0.669. The van der Waals surface area contributed by atoms with E-state index in [9.17, 15) is 0 Å². The normalized spacial score (nSPS) is 10.8. The Morgan fingerprint density at radius 2 is 2.28 bits per heavy atom. The van der Waals surface area contributed by atoms with E-state index in [2.05, 4.69) is 29.4 Å². The topological polar surface area (TPSA) is 47.3 Å². The minimum absolute atomic E-state index is 0.669. The molecule has 0 unspecified atom stereocenters. The number of rotatable bonds is 6. The Morgan fingerprint density at radius 3 is 3.06 bits per heavy atom. The van der Waals surface area contributed by atoms with Crippen LogP contribution < -0.4 is 5.32 Å². The van der Waals surface area contributed by atoms with Gasteiger partial charge in [0.2, 0.25) is 5.89 Å². The molecular formula is C14H18N2O2. The van der Waals surface area contributed by atoms with Crippen LogP contribution >= 0.6 is 0 Å². The Hall–Kier alpha value is -1.65. The van der Waals surface area contributed by atoms with Gasteiger partial charge in [-0.25, -0.2) is 4.98 Å². The molecule has 0 aliphatic heterocycles. The lowest BCUT2D eigenvalue weighted by molar-refractivity contribution is 0.199. The summed E-state index contributed by atoms with van der Waals surface area (Å²) in [5.74, 6) is 0.669. The van der Waals surface area contributed by atoms with Gasteiger partial charge in [-0.1, -0.05) is 17.7 Å². The lowest BCUT2D eigenvalue weighted by Gasteiger charge is -2.00. The van der Waals surface area contributed by atoms with Crippen LogP contribution in [-0.2, 0) is 11.3 Å². The van der Waals surface area contributed by atoms with Gasteiger partial charge in [0, 0.05) is 25.8 Å². The zero-order valence-corrected chi connectivity index (χ0v) is 10.8. The Kier molecular flexibility index (Phi) is 4.50. The number of methoxy groups -OCH3 is 1. The molecular weight excluding hydrogens is 228 g/mol. The Labute approximate surface area is 107 Å². The van der Waals surface area contributed by atoms with Crippen molar-refractivity contribution >= 4 is 0 Å². The van der Waals surface area contributed by atoms with Crippen molar-refractivity contribution in [2.75, 3.05) is 20.3 Å². The molecule has 0 amide bonds. The van der Waals surface area contributed by atoms with Crippen LogP contribution in [-0.4, -0.2) is 25.2 Å². The number of benzene rings is 1. The molecule has 2 aromatic rings. The molecule has 0 saturated heterocycles. The first-order chi connectivity index (χ1) is 8.79. The van der Waals surface area contributed by atoms with Crippen LogP contribution in [0.3, 0.4) is 0 Å². The summed E-state index contributed by atoms with van der Waals surface area (Å²) in [6.07, 6.45) is 1.69. The number of aromatic nitrogens is 1. The molecule has 1 N–H and O–H groups in total. The van der Waals surface area contributed by atoms with Crippen molar-refractivity contribution in [1.82, 2.24) is 10.3 Å². The van der Waals surface area contributed by atoms with E-state index in [-0.39, 0.29) is 0 Å².